The smallest absolute Gasteiger partial charge is 0.335 e. The van der Waals surface area contributed by atoms with Crippen LogP contribution in [0, 0.1) is 0 Å². The summed E-state index contributed by atoms with van der Waals surface area (Å²) in [6.07, 6.45) is 0.0317. The van der Waals surface area contributed by atoms with Gasteiger partial charge in [-0.1, -0.05) is 12.1 Å². The summed E-state index contributed by atoms with van der Waals surface area (Å²) < 4.78 is 10.5. The van der Waals surface area contributed by atoms with Crippen LogP contribution in [0.15, 0.2) is 24.3 Å². The number of amides is 1. The van der Waals surface area contributed by atoms with Gasteiger partial charge in [-0.2, -0.15) is 0 Å². The van der Waals surface area contributed by atoms with Crippen LogP contribution >= 0.6 is 0 Å². The first-order chi connectivity index (χ1) is 10.5. The summed E-state index contributed by atoms with van der Waals surface area (Å²) in [5.41, 5.74) is 1.11. The highest BCUT2D eigenvalue weighted by molar-refractivity contribution is 5.87. The van der Waals surface area contributed by atoms with E-state index in [9.17, 15) is 9.59 Å². The zero-order valence-electron chi connectivity index (χ0n) is 13.0. The maximum Gasteiger partial charge on any atom is 0.335 e. The van der Waals surface area contributed by atoms with Crippen LogP contribution in [0.2, 0.25) is 0 Å². The molecule has 0 heterocycles. The summed E-state index contributed by atoms with van der Waals surface area (Å²) in [6, 6.07) is 6.68. The standard InChI is InChI=1S/C16H23NO5/c1-3-21-9-10-22-12(2)15(18)17-8-7-13-5-4-6-14(11-13)16(19)20/h4-6,11-12H,3,7-10H2,1-2H3,(H,17,18)(H,19,20). The number of hydrogen-bond donors (Lipinski definition) is 2. The SMILES string of the molecule is CCOCCOC(C)C(=O)NCCc1cccc(C(=O)O)c1. The minimum absolute atomic E-state index is 0.189. The van der Waals surface area contributed by atoms with E-state index in [1.807, 2.05) is 13.0 Å². The molecule has 1 unspecified atom stereocenters. The second-order valence-corrected chi connectivity index (χ2v) is 4.76. The van der Waals surface area contributed by atoms with Gasteiger partial charge < -0.3 is 19.9 Å². The molecule has 2 N–H and O–H groups in total. The number of carbonyl (C=O) groups excluding carboxylic acids is 1. The second kappa shape index (κ2) is 9.92. The number of benzene rings is 1. The van der Waals surface area contributed by atoms with E-state index in [0.29, 0.717) is 32.8 Å². The third-order valence-corrected chi connectivity index (χ3v) is 3.06. The predicted molar refractivity (Wildman–Crippen MR) is 82.0 cm³/mol. The maximum atomic E-state index is 11.8. The van der Waals surface area contributed by atoms with Crippen molar-refractivity contribution in [3.05, 3.63) is 35.4 Å². The van der Waals surface area contributed by atoms with E-state index in [-0.39, 0.29) is 11.5 Å². The van der Waals surface area contributed by atoms with E-state index >= 15 is 0 Å². The van der Waals surface area contributed by atoms with Crippen molar-refractivity contribution in [3.63, 3.8) is 0 Å². The lowest BCUT2D eigenvalue weighted by Gasteiger charge is -2.13. The minimum atomic E-state index is -0.956. The molecule has 0 aliphatic carbocycles. The number of carboxylic acids is 1. The van der Waals surface area contributed by atoms with Crippen molar-refractivity contribution in [1.29, 1.82) is 0 Å². The number of hydrogen-bond acceptors (Lipinski definition) is 4. The lowest BCUT2D eigenvalue weighted by atomic mass is 10.1. The Labute approximate surface area is 130 Å². The Bertz CT molecular complexity index is 489. The summed E-state index contributed by atoms with van der Waals surface area (Å²) >= 11 is 0. The molecule has 6 heteroatoms. The van der Waals surface area contributed by atoms with Crippen molar-refractivity contribution in [2.75, 3.05) is 26.4 Å². The molecule has 0 aliphatic rings. The summed E-state index contributed by atoms with van der Waals surface area (Å²) in [4.78, 5) is 22.7. The first-order valence-corrected chi connectivity index (χ1v) is 7.34. The van der Waals surface area contributed by atoms with Gasteiger partial charge in [0.25, 0.3) is 0 Å². The first-order valence-electron chi connectivity index (χ1n) is 7.34. The number of nitrogens with one attached hydrogen (secondary N) is 1. The Balaban J connectivity index is 2.29. The quantitative estimate of drug-likeness (QED) is 0.640. The third-order valence-electron chi connectivity index (χ3n) is 3.06. The van der Waals surface area contributed by atoms with E-state index in [1.54, 1.807) is 25.1 Å². The van der Waals surface area contributed by atoms with E-state index in [2.05, 4.69) is 5.32 Å². The monoisotopic (exact) mass is 309 g/mol. The van der Waals surface area contributed by atoms with Crippen molar-refractivity contribution in [3.8, 4) is 0 Å². The third kappa shape index (κ3) is 6.69. The van der Waals surface area contributed by atoms with Gasteiger partial charge in [0.2, 0.25) is 5.91 Å². The summed E-state index contributed by atoms with van der Waals surface area (Å²) in [7, 11) is 0. The number of aromatic carboxylic acids is 1. The van der Waals surface area contributed by atoms with E-state index < -0.39 is 12.1 Å². The van der Waals surface area contributed by atoms with Gasteiger partial charge in [-0.15, -0.1) is 0 Å². The average Bonchev–Trinajstić information content (AvgIpc) is 2.51. The number of carbonyl (C=O) groups is 2. The molecule has 6 nitrogen and oxygen atoms in total. The summed E-state index contributed by atoms with van der Waals surface area (Å²) in [5, 5.41) is 11.7. The number of rotatable bonds is 10. The molecule has 22 heavy (non-hydrogen) atoms. The lowest BCUT2D eigenvalue weighted by Crippen LogP contribution is -2.36. The van der Waals surface area contributed by atoms with Gasteiger partial charge in [-0.3, -0.25) is 4.79 Å². The van der Waals surface area contributed by atoms with Crippen LogP contribution in [0.25, 0.3) is 0 Å². The second-order valence-electron chi connectivity index (χ2n) is 4.76. The molecule has 0 aromatic heterocycles. The molecule has 0 radical (unpaired) electrons. The molecule has 0 fully saturated rings. The zero-order valence-corrected chi connectivity index (χ0v) is 13.0. The molecule has 0 spiro atoms. The minimum Gasteiger partial charge on any atom is -0.478 e. The van der Waals surface area contributed by atoms with Crippen molar-refractivity contribution in [2.24, 2.45) is 0 Å². The molecule has 1 rings (SSSR count). The van der Waals surface area contributed by atoms with Crippen LogP contribution in [0.1, 0.15) is 29.8 Å². The highest BCUT2D eigenvalue weighted by Gasteiger charge is 2.12. The first kappa shape index (κ1) is 18.1. The predicted octanol–water partition coefficient (Wildman–Crippen LogP) is 1.49. The number of ether oxygens (including phenoxy) is 2. The van der Waals surface area contributed by atoms with Crippen molar-refractivity contribution < 1.29 is 24.2 Å². The van der Waals surface area contributed by atoms with E-state index in [0.717, 1.165) is 5.56 Å². The molecule has 1 aromatic carbocycles. The van der Waals surface area contributed by atoms with Gasteiger partial charge in [-0.05, 0) is 38.0 Å². The fraction of sp³-hybridized carbons (Fsp3) is 0.500. The summed E-state index contributed by atoms with van der Waals surface area (Å²) in [6.45, 7) is 5.49. The Morgan fingerprint density at radius 2 is 2.09 bits per heavy atom. The molecule has 1 atom stereocenters. The van der Waals surface area contributed by atoms with Crippen LogP contribution in [-0.2, 0) is 20.7 Å². The molecule has 0 bridgehead atoms. The van der Waals surface area contributed by atoms with Crippen LogP contribution in [-0.4, -0.2) is 49.5 Å². The zero-order chi connectivity index (χ0) is 16.4. The highest BCUT2D eigenvalue weighted by Crippen LogP contribution is 2.05. The average molecular weight is 309 g/mol. The Morgan fingerprint density at radius 1 is 1.32 bits per heavy atom. The van der Waals surface area contributed by atoms with Gasteiger partial charge in [-0.25, -0.2) is 4.79 Å². The molecule has 0 saturated carbocycles. The molecule has 1 aromatic rings. The van der Waals surface area contributed by atoms with Gasteiger partial charge in [0, 0.05) is 13.2 Å². The maximum absolute atomic E-state index is 11.8. The van der Waals surface area contributed by atoms with Crippen molar-refractivity contribution in [2.45, 2.75) is 26.4 Å². The Kier molecular flexibility index (Phi) is 8.17. The van der Waals surface area contributed by atoms with Crippen LogP contribution in [0.4, 0.5) is 0 Å². The van der Waals surface area contributed by atoms with Gasteiger partial charge >= 0.3 is 5.97 Å². The van der Waals surface area contributed by atoms with Crippen LogP contribution < -0.4 is 5.32 Å². The van der Waals surface area contributed by atoms with Crippen molar-refractivity contribution in [1.82, 2.24) is 5.32 Å². The molecule has 122 valence electrons. The molecular weight excluding hydrogens is 286 g/mol. The van der Waals surface area contributed by atoms with Crippen molar-refractivity contribution >= 4 is 11.9 Å². The van der Waals surface area contributed by atoms with E-state index in [4.69, 9.17) is 14.6 Å². The molecular formula is C16H23NO5. The Morgan fingerprint density at radius 3 is 2.77 bits per heavy atom. The largest absolute Gasteiger partial charge is 0.478 e. The highest BCUT2D eigenvalue weighted by atomic mass is 16.5. The van der Waals surface area contributed by atoms with Crippen LogP contribution in [0.5, 0.6) is 0 Å². The van der Waals surface area contributed by atoms with Gasteiger partial charge in [0.1, 0.15) is 6.10 Å². The fourth-order valence-electron chi connectivity index (χ4n) is 1.84. The lowest BCUT2D eigenvalue weighted by molar-refractivity contribution is -0.132. The normalized spacial score (nSPS) is 11.9. The Hall–Kier alpha value is -1.92. The van der Waals surface area contributed by atoms with E-state index in [1.165, 1.54) is 0 Å². The van der Waals surface area contributed by atoms with Crippen LogP contribution in [0.3, 0.4) is 0 Å². The summed E-state index contributed by atoms with van der Waals surface area (Å²) in [5.74, 6) is -1.15. The molecule has 0 aliphatic heterocycles. The fourth-order valence-corrected chi connectivity index (χ4v) is 1.84. The van der Waals surface area contributed by atoms with Gasteiger partial charge in [0.05, 0.1) is 18.8 Å². The molecule has 0 saturated heterocycles. The topological polar surface area (TPSA) is 84.9 Å². The number of carboxylic acid groups (broad SMARTS) is 1. The van der Waals surface area contributed by atoms with Gasteiger partial charge in [0.15, 0.2) is 0 Å². The molecule has 1 amide bonds.